The van der Waals surface area contributed by atoms with Crippen molar-refractivity contribution in [1.29, 1.82) is 0 Å². The van der Waals surface area contributed by atoms with Crippen molar-refractivity contribution in [3.8, 4) is 0 Å². The number of carbonyl (C=O) groups is 2. The monoisotopic (exact) mass is 418 g/mol. The highest BCUT2D eigenvalue weighted by Crippen LogP contribution is 2.50. The van der Waals surface area contributed by atoms with Gasteiger partial charge >= 0.3 is 5.97 Å². The molecule has 1 aromatic carbocycles. The number of fused-ring (bicyclic) bond motifs is 3. The first-order valence-corrected chi connectivity index (χ1v) is 10.5. The minimum Gasteiger partial charge on any atom is -0.469 e. The number of rotatable bonds is 7. The van der Waals surface area contributed by atoms with E-state index in [1.54, 1.807) is 0 Å². The lowest BCUT2D eigenvalue weighted by Crippen LogP contribution is -2.64. The van der Waals surface area contributed by atoms with Crippen LogP contribution in [0, 0.1) is 0 Å². The molecule has 30 heavy (non-hydrogen) atoms. The first-order chi connectivity index (χ1) is 14.6. The van der Waals surface area contributed by atoms with E-state index < -0.39 is 18.0 Å². The molecule has 0 N–H and O–H groups in total. The number of ketones is 1. The summed E-state index contributed by atoms with van der Waals surface area (Å²) in [6.07, 6.45) is -0.470. The average Bonchev–Trinajstić information content (AvgIpc) is 3.29. The van der Waals surface area contributed by atoms with Crippen LogP contribution in [0.2, 0.25) is 0 Å². The highest BCUT2D eigenvalue weighted by atomic mass is 16.8. The minimum atomic E-state index is -1.33. The number of hydrogen-bond donors (Lipinski definition) is 0. The van der Waals surface area contributed by atoms with Gasteiger partial charge in [-0.1, -0.05) is 30.3 Å². The maximum absolute atomic E-state index is 13.0. The van der Waals surface area contributed by atoms with E-state index in [-0.39, 0.29) is 42.6 Å². The summed E-state index contributed by atoms with van der Waals surface area (Å²) in [7, 11) is 1.37. The smallest absolute Gasteiger partial charge is 0.308 e. The summed E-state index contributed by atoms with van der Waals surface area (Å²) in [5.41, 5.74) is 1.06. The van der Waals surface area contributed by atoms with Crippen LogP contribution in [0.5, 0.6) is 0 Å². The fraction of sp³-hybridized carbons (Fsp3) is 0.636. The Kier molecular flexibility index (Phi) is 5.37. The van der Waals surface area contributed by atoms with Crippen molar-refractivity contribution in [2.75, 3.05) is 13.7 Å². The highest BCUT2D eigenvalue weighted by Gasteiger charge is 2.70. The van der Waals surface area contributed by atoms with Gasteiger partial charge in [-0.15, -0.1) is 0 Å². The molecule has 8 nitrogen and oxygen atoms in total. The third-order valence-corrected chi connectivity index (χ3v) is 6.35. The van der Waals surface area contributed by atoms with Gasteiger partial charge in [0, 0.05) is 6.42 Å². The van der Waals surface area contributed by atoms with Gasteiger partial charge in [0.1, 0.15) is 18.3 Å². The first kappa shape index (κ1) is 20.1. The van der Waals surface area contributed by atoms with Crippen molar-refractivity contribution < 1.29 is 38.0 Å². The van der Waals surface area contributed by atoms with Crippen LogP contribution in [0.1, 0.15) is 31.2 Å². The molecule has 0 aliphatic carbocycles. The second kappa shape index (κ2) is 8.01. The second-order valence-electron chi connectivity index (χ2n) is 8.25. The molecule has 5 rings (SSSR count). The van der Waals surface area contributed by atoms with Gasteiger partial charge in [0.15, 0.2) is 6.10 Å². The Hall–Kier alpha value is -1.84. The largest absolute Gasteiger partial charge is 0.469 e. The average molecular weight is 418 g/mol. The quantitative estimate of drug-likeness (QED) is 0.487. The summed E-state index contributed by atoms with van der Waals surface area (Å²) in [5.74, 6) is -1.80. The van der Waals surface area contributed by atoms with Crippen LogP contribution in [0.15, 0.2) is 30.3 Å². The number of esters is 1. The van der Waals surface area contributed by atoms with E-state index in [9.17, 15) is 9.59 Å². The molecule has 4 aliphatic heterocycles. The lowest BCUT2D eigenvalue weighted by molar-refractivity contribution is -0.255. The van der Waals surface area contributed by atoms with E-state index in [0.717, 1.165) is 5.56 Å². The predicted octanol–water partition coefficient (Wildman–Crippen LogP) is 1.53. The van der Waals surface area contributed by atoms with E-state index >= 15 is 0 Å². The van der Waals surface area contributed by atoms with Crippen LogP contribution in [0.4, 0.5) is 0 Å². The molecule has 1 unspecified atom stereocenters. The molecule has 0 amide bonds. The van der Waals surface area contributed by atoms with Crippen LogP contribution < -0.4 is 0 Å². The third-order valence-electron chi connectivity index (χ3n) is 6.35. The van der Waals surface area contributed by atoms with Gasteiger partial charge in [-0.25, -0.2) is 0 Å². The Morgan fingerprint density at radius 3 is 2.70 bits per heavy atom. The fourth-order valence-electron chi connectivity index (χ4n) is 4.86. The lowest BCUT2D eigenvalue weighted by atomic mass is 9.85. The van der Waals surface area contributed by atoms with Gasteiger partial charge in [-0.3, -0.25) is 9.59 Å². The van der Waals surface area contributed by atoms with E-state index in [1.807, 2.05) is 30.3 Å². The van der Waals surface area contributed by atoms with Gasteiger partial charge in [0.05, 0.1) is 39.0 Å². The molecule has 0 aromatic heterocycles. The lowest BCUT2D eigenvalue weighted by Gasteiger charge is -2.47. The Labute approximate surface area is 174 Å². The van der Waals surface area contributed by atoms with Gasteiger partial charge in [0.25, 0.3) is 0 Å². The van der Waals surface area contributed by atoms with Gasteiger partial charge in [0.2, 0.25) is 11.6 Å². The standard InChI is InChI=1S/C22H26O8/c1-25-16(23)11-14-7-8-15-17(27-14)18-19-20(28-15)21(24)22(29-18,30-19)9-10-26-12-13-5-3-2-4-6-13/h2-6,14-15,17-20H,7-12H2,1H3/t14-,15+,17+,18?,19+,20-,22+/m1/s1. The molecular weight excluding hydrogens is 392 g/mol. The van der Waals surface area contributed by atoms with Gasteiger partial charge in [-0.05, 0) is 18.4 Å². The molecule has 0 spiro atoms. The maximum atomic E-state index is 13.0. The zero-order valence-corrected chi connectivity index (χ0v) is 16.9. The number of benzene rings is 1. The summed E-state index contributed by atoms with van der Waals surface area (Å²) >= 11 is 0. The van der Waals surface area contributed by atoms with Crippen molar-refractivity contribution in [3.63, 3.8) is 0 Å². The third kappa shape index (κ3) is 3.46. The molecule has 1 aromatic rings. The summed E-state index contributed by atoms with van der Waals surface area (Å²) in [6.45, 7) is 0.785. The van der Waals surface area contributed by atoms with Crippen molar-refractivity contribution in [2.24, 2.45) is 0 Å². The molecule has 162 valence electrons. The molecule has 2 bridgehead atoms. The molecule has 4 heterocycles. The van der Waals surface area contributed by atoms with E-state index in [2.05, 4.69) is 0 Å². The molecule has 8 heteroatoms. The van der Waals surface area contributed by atoms with Crippen LogP contribution in [-0.4, -0.2) is 67.9 Å². The van der Waals surface area contributed by atoms with Crippen molar-refractivity contribution in [3.05, 3.63) is 35.9 Å². The number of carbonyl (C=O) groups excluding carboxylic acids is 2. The second-order valence-corrected chi connectivity index (χ2v) is 8.25. The topological polar surface area (TPSA) is 89.5 Å². The Bertz CT molecular complexity index is 798. The molecule has 4 saturated heterocycles. The van der Waals surface area contributed by atoms with Crippen LogP contribution in [-0.2, 0) is 44.6 Å². The minimum absolute atomic E-state index is 0.165. The number of methoxy groups -OCH3 is 1. The zero-order valence-electron chi connectivity index (χ0n) is 16.9. The van der Waals surface area contributed by atoms with Crippen LogP contribution in [0.25, 0.3) is 0 Å². The number of hydrogen-bond acceptors (Lipinski definition) is 8. The number of Topliss-reactive ketones (excluding diaryl/α,β-unsaturated/α-hetero) is 1. The van der Waals surface area contributed by atoms with Crippen molar-refractivity contribution in [2.45, 2.75) is 74.7 Å². The van der Waals surface area contributed by atoms with Crippen LogP contribution in [0.3, 0.4) is 0 Å². The Morgan fingerprint density at radius 1 is 1.10 bits per heavy atom. The first-order valence-electron chi connectivity index (χ1n) is 10.5. The van der Waals surface area contributed by atoms with Crippen LogP contribution >= 0.6 is 0 Å². The van der Waals surface area contributed by atoms with E-state index in [0.29, 0.717) is 32.5 Å². The molecule has 0 saturated carbocycles. The Morgan fingerprint density at radius 2 is 1.90 bits per heavy atom. The molecule has 4 aliphatic rings. The summed E-state index contributed by atoms with van der Waals surface area (Å²) < 4.78 is 34.9. The summed E-state index contributed by atoms with van der Waals surface area (Å²) in [6, 6.07) is 9.84. The Balaban J connectivity index is 1.21. The van der Waals surface area contributed by atoms with Gasteiger partial charge < -0.3 is 28.4 Å². The number of ether oxygens (including phenoxy) is 6. The van der Waals surface area contributed by atoms with E-state index in [4.69, 9.17) is 28.4 Å². The van der Waals surface area contributed by atoms with Crippen molar-refractivity contribution >= 4 is 11.8 Å². The molecule has 4 fully saturated rings. The molecular formula is C22H26O8. The molecule has 0 radical (unpaired) electrons. The normalized spacial score (nSPS) is 39.0. The highest BCUT2D eigenvalue weighted by molar-refractivity contribution is 5.93. The fourth-order valence-corrected chi connectivity index (χ4v) is 4.86. The summed E-state index contributed by atoms with van der Waals surface area (Å²) in [4.78, 5) is 24.6. The SMILES string of the molecule is COC(=O)C[C@H]1CC[C@@H]2O[C@H]3C(=O)[C@@]4(CCOCc5ccccc5)OC([C@H]2O1)[C@@H]3O4. The predicted molar refractivity (Wildman–Crippen MR) is 101 cm³/mol. The molecule has 7 atom stereocenters. The zero-order chi connectivity index (χ0) is 20.7. The maximum Gasteiger partial charge on any atom is 0.308 e. The van der Waals surface area contributed by atoms with Gasteiger partial charge in [-0.2, -0.15) is 0 Å². The summed E-state index contributed by atoms with van der Waals surface area (Å²) in [5, 5.41) is 0. The van der Waals surface area contributed by atoms with Crippen molar-refractivity contribution in [1.82, 2.24) is 0 Å². The van der Waals surface area contributed by atoms with E-state index in [1.165, 1.54) is 7.11 Å².